The fourth-order valence-electron chi connectivity index (χ4n) is 3.42. The lowest BCUT2D eigenvalue weighted by atomic mass is 9.99. The number of rotatable bonds is 8. The van der Waals surface area contributed by atoms with Crippen molar-refractivity contribution in [2.45, 2.75) is 52.4 Å². The lowest BCUT2D eigenvalue weighted by Gasteiger charge is -2.18. The molecule has 1 aliphatic carbocycles. The van der Waals surface area contributed by atoms with Crippen LogP contribution in [0.25, 0.3) is 11.1 Å². The van der Waals surface area contributed by atoms with E-state index in [9.17, 15) is 8.78 Å². The maximum absolute atomic E-state index is 12.9. The Morgan fingerprint density at radius 3 is 2.46 bits per heavy atom. The smallest absolute Gasteiger partial charge is 0.280 e. The second-order valence-electron chi connectivity index (χ2n) is 7.84. The van der Waals surface area contributed by atoms with Crippen molar-refractivity contribution >= 4 is 0 Å². The SMILES string of the molecule is CC(C)CC(C)COc1ccc(-c2ccnc(C(F)F)c2)cc1C1CC1. The number of hydrogen-bond acceptors (Lipinski definition) is 2. The Hall–Kier alpha value is -1.97. The number of benzene rings is 1. The predicted octanol–water partition coefficient (Wildman–Crippen LogP) is 6.62. The van der Waals surface area contributed by atoms with Gasteiger partial charge in [0, 0.05) is 6.20 Å². The first-order valence-electron chi connectivity index (χ1n) is 9.45. The molecule has 0 saturated heterocycles. The summed E-state index contributed by atoms with van der Waals surface area (Å²) < 4.78 is 32.0. The molecule has 4 heteroatoms. The van der Waals surface area contributed by atoms with E-state index in [2.05, 4.69) is 31.8 Å². The third kappa shape index (κ3) is 4.80. The Balaban J connectivity index is 1.80. The van der Waals surface area contributed by atoms with Gasteiger partial charge in [-0.25, -0.2) is 8.78 Å². The van der Waals surface area contributed by atoms with Crippen molar-refractivity contribution in [3.8, 4) is 16.9 Å². The molecule has 0 N–H and O–H groups in total. The van der Waals surface area contributed by atoms with E-state index in [-0.39, 0.29) is 5.69 Å². The van der Waals surface area contributed by atoms with E-state index in [4.69, 9.17) is 4.74 Å². The fourth-order valence-corrected chi connectivity index (χ4v) is 3.42. The maximum Gasteiger partial charge on any atom is 0.280 e. The highest BCUT2D eigenvalue weighted by Gasteiger charge is 2.27. The average molecular weight is 359 g/mol. The van der Waals surface area contributed by atoms with Gasteiger partial charge in [-0.05, 0) is 78.0 Å². The van der Waals surface area contributed by atoms with Crippen LogP contribution >= 0.6 is 0 Å². The molecule has 1 fully saturated rings. The molecule has 0 amide bonds. The number of hydrogen-bond donors (Lipinski definition) is 0. The van der Waals surface area contributed by atoms with Gasteiger partial charge in [-0.3, -0.25) is 4.98 Å². The Kier molecular flexibility index (Phi) is 5.90. The highest BCUT2D eigenvalue weighted by molar-refractivity contribution is 5.66. The highest BCUT2D eigenvalue weighted by atomic mass is 19.3. The van der Waals surface area contributed by atoms with Crippen LogP contribution in [0, 0.1) is 11.8 Å². The Labute approximate surface area is 154 Å². The quantitative estimate of drug-likeness (QED) is 0.528. The summed E-state index contributed by atoms with van der Waals surface area (Å²) in [6.07, 6.45) is 2.37. The average Bonchev–Trinajstić information content (AvgIpc) is 3.44. The van der Waals surface area contributed by atoms with E-state index in [0.29, 0.717) is 24.4 Å². The molecule has 1 aromatic heterocycles. The monoisotopic (exact) mass is 359 g/mol. The van der Waals surface area contributed by atoms with Crippen molar-refractivity contribution in [3.05, 3.63) is 47.8 Å². The van der Waals surface area contributed by atoms with Crippen LogP contribution in [0.15, 0.2) is 36.5 Å². The Morgan fingerprint density at radius 1 is 1.08 bits per heavy atom. The predicted molar refractivity (Wildman–Crippen MR) is 101 cm³/mol. The summed E-state index contributed by atoms with van der Waals surface area (Å²) in [4.78, 5) is 3.75. The van der Waals surface area contributed by atoms with Crippen molar-refractivity contribution in [2.24, 2.45) is 11.8 Å². The largest absolute Gasteiger partial charge is 0.493 e. The van der Waals surface area contributed by atoms with E-state index in [1.807, 2.05) is 12.1 Å². The third-order valence-electron chi connectivity index (χ3n) is 4.76. The van der Waals surface area contributed by atoms with Crippen LogP contribution in [0.1, 0.15) is 63.6 Å². The van der Waals surface area contributed by atoms with Gasteiger partial charge in [0.1, 0.15) is 11.4 Å². The number of nitrogens with zero attached hydrogens (tertiary/aromatic N) is 1. The molecule has 0 spiro atoms. The molecular formula is C22H27F2NO. The molecule has 2 nitrogen and oxygen atoms in total. The summed E-state index contributed by atoms with van der Waals surface area (Å²) in [7, 11) is 0. The van der Waals surface area contributed by atoms with Gasteiger partial charge in [0.25, 0.3) is 6.43 Å². The first-order valence-corrected chi connectivity index (χ1v) is 9.45. The zero-order valence-corrected chi connectivity index (χ0v) is 15.7. The minimum Gasteiger partial charge on any atom is -0.493 e. The molecule has 1 heterocycles. The molecule has 1 aromatic carbocycles. The Morgan fingerprint density at radius 2 is 1.81 bits per heavy atom. The Bertz CT molecular complexity index is 741. The standard InChI is InChI=1S/C22H27F2NO/c1-14(2)10-15(3)13-26-21-7-6-17(11-19(21)16-4-5-16)18-8-9-25-20(12-18)22(23)24/h6-9,11-12,14-16,22H,4-5,10,13H2,1-3H3. The molecule has 1 atom stereocenters. The number of halogens is 2. The molecular weight excluding hydrogens is 332 g/mol. The first kappa shape index (κ1) is 18.8. The van der Waals surface area contributed by atoms with E-state index >= 15 is 0 Å². The minimum atomic E-state index is -2.55. The van der Waals surface area contributed by atoms with Gasteiger partial charge in [-0.2, -0.15) is 0 Å². The van der Waals surface area contributed by atoms with Crippen LogP contribution in [0.4, 0.5) is 8.78 Å². The van der Waals surface area contributed by atoms with Crippen molar-refractivity contribution in [1.29, 1.82) is 0 Å². The van der Waals surface area contributed by atoms with Crippen LogP contribution < -0.4 is 4.74 Å². The van der Waals surface area contributed by atoms with Gasteiger partial charge in [0.15, 0.2) is 0 Å². The topological polar surface area (TPSA) is 22.1 Å². The molecule has 1 aliphatic rings. The number of ether oxygens (including phenoxy) is 1. The zero-order chi connectivity index (χ0) is 18.7. The van der Waals surface area contributed by atoms with E-state index in [0.717, 1.165) is 23.3 Å². The second-order valence-corrected chi connectivity index (χ2v) is 7.84. The van der Waals surface area contributed by atoms with Gasteiger partial charge >= 0.3 is 0 Å². The van der Waals surface area contributed by atoms with Gasteiger partial charge in [0.2, 0.25) is 0 Å². The van der Waals surface area contributed by atoms with Crippen LogP contribution in [0.2, 0.25) is 0 Å². The van der Waals surface area contributed by atoms with Crippen LogP contribution in [0.5, 0.6) is 5.75 Å². The summed E-state index contributed by atoms with van der Waals surface area (Å²) in [6, 6.07) is 9.31. The normalized spacial score (nSPS) is 15.5. The molecule has 140 valence electrons. The molecule has 2 aromatic rings. The van der Waals surface area contributed by atoms with Crippen molar-refractivity contribution in [2.75, 3.05) is 6.61 Å². The molecule has 26 heavy (non-hydrogen) atoms. The first-order chi connectivity index (χ1) is 12.4. The second kappa shape index (κ2) is 8.15. The van der Waals surface area contributed by atoms with Gasteiger partial charge in [0.05, 0.1) is 6.61 Å². The van der Waals surface area contributed by atoms with Crippen LogP contribution in [-0.2, 0) is 0 Å². The molecule has 1 unspecified atom stereocenters. The summed E-state index contributed by atoms with van der Waals surface area (Å²) in [6.45, 7) is 7.38. The van der Waals surface area contributed by atoms with E-state index in [1.165, 1.54) is 30.7 Å². The molecule has 0 radical (unpaired) electrons. The summed E-state index contributed by atoms with van der Waals surface area (Å²) in [5.41, 5.74) is 2.74. The summed E-state index contributed by atoms with van der Waals surface area (Å²) in [5, 5.41) is 0. The maximum atomic E-state index is 12.9. The highest BCUT2D eigenvalue weighted by Crippen LogP contribution is 2.45. The lowest BCUT2D eigenvalue weighted by Crippen LogP contribution is -2.11. The number of pyridine rings is 1. The molecule has 3 rings (SSSR count). The van der Waals surface area contributed by atoms with Gasteiger partial charge < -0.3 is 4.74 Å². The molecule has 0 bridgehead atoms. The molecule has 0 aliphatic heterocycles. The lowest BCUT2D eigenvalue weighted by molar-refractivity contribution is 0.146. The van der Waals surface area contributed by atoms with E-state index in [1.54, 1.807) is 6.07 Å². The number of aromatic nitrogens is 1. The van der Waals surface area contributed by atoms with Crippen LogP contribution in [-0.4, -0.2) is 11.6 Å². The van der Waals surface area contributed by atoms with Gasteiger partial charge in [-0.1, -0.05) is 26.8 Å². The summed E-state index contributed by atoms with van der Waals surface area (Å²) >= 11 is 0. The fraction of sp³-hybridized carbons (Fsp3) is 0.500. The summed E-state index contributed by atoms with van der Waals surface area (Å²) in [5.74, 6) is 2.64. The number of alkyl halides is 2. The minimum absolute atomic E-state index is 0.182. The third-order valence-corrected chi connectivity index (χ3v) is 4.76. The molecule has 1 saturated carbocycles. The van der Waals surface area contributed by atoms with Crippen LogP contribution in [0.3, 0.4) is 0 Å². The van der Waals surface area contributed by atoms with E-state index < -0.39 is 6.43 Å². The van der Waals surface area contributed by atoms with Crippen molar-refractivity contribution < 1.29 is 13.5 Å². The van der Waals surface area contributed by atoms with Crippen molar-refractivity contribution in [3.63, 3.8) is 0 Å². The van der Waals surface area contributed by atoms with Gasteiger partial charge in [-0.15, -0.1) is 0 Å². The zero-order valence-electron chi connectivity index (χ0n) is 15.7. The van der Waals surface area contributed by atoms with Crippen molar-refractivity contribution in [1.82, 2.24) is 4.98 Å².